The van der Waals surface area contributed by atoms with Crippen molar-refractivity contribution in [2.45, 2.75) is 25.9 Å². The summed E-state index contributed by atoms with van der Waals surface area (Å²) >= 11 is 1.28. The van der Waals surface area contributed by atoms with Gasteiger partial charge in [0.1, 0.15) is 4.88 Å². The summed E-state index contributed by atoms with van der Waals surface area (Å²) in [6, 6.07) is 2.26. The maximum Gasteiger partial charge on any atom is 0.346 e. The first-order chi connectivity index (χ1) is 8.00. The Bertz CT molecular complexity index is 363. The monoisotopic (exact) mass is 256 g/mol. The van der Waals surface area contributed by atoms with Gasteiger partial charge in [-0.05, 0) is 51.0 Å². The Morgan fingerprint density at radius 2 is 2.29 bits per heavy atom. The molecule has 0 radical (unpaired) electrons. The third-order valence-electron chi connectivity index (χ3n) is 2.59. The maximum absolute atomic E-state index is 10.9. The first kappa shape index (κ1) is 14.2. The number of nitrogens with zero attached hydrogens (tertiary/aromatic N) is 1. The summed E-state index contributed by atoms with van der Waals surface area (Å²) < 4.78 is 0. The molecule has 2 N–H and O–H groups in total. The number of rotatable bonds is 7. The van der Waals surface area contributed by atoms with Crippen LogP contribution in [0.4, 0.5) is 0 Å². The molecule has 17 heavy (non-hydrogen) atoms. The van der Waals surface area contributed by atoms with Crippen LogP contribution in [0, 0.1) is 0 Å². The lowest BCUT2D eigenvalue weighted by atomic mass is 10.2. The van der Waals surface area contributed by atoms with Crippen molar-refractivity contribution in [3.63, 3.8) is 0 Å². The Morgan fingerprint density at radius 1 is 1.59 bits per heavy atom. The highest BCUT2D eigenvalue weighted by Gasteiger charge is 2.12. The summed E-state index contributed by atoms with van der Waals surface area (Å²) in [6.07, 6.45) is 1.06. The topological polar surface area (TPSA) is 52.6 Å². The molecule has 0 aliphatic carbocycles. The molecule has 0 spiro atoms. The Kier molecular flexibility index (Phi) is 5.61. The van der Waals surface area contributed by atoms with E-state index in [4.69, 9.17) is 5.11 Å². The Balaban J connectivity index is 2.39. The van der Waals surface area contributed by atoms with Crippen molar-refractivity contribution in [2.75, 3.05) is 20.6 Å². The zero-order valence-corrected chi connectivity index (χ0v) is 11.4. The SMILES string of the molecule is CC(CCN(C)C)NCc1ccsc1C(=O)O. The molecule has 0 bridgehead atoms. The number of carboxylic acid groups (broad SMARTS) is 1. The summed E-state index contributed by atoms with van der Waals surface area (Å²) in [5.74, 6) is -0.835. The van der Waals surface area contributed by atoms with Gasteiger partial charge in [0.2, 0.25) is 0 Å². The molecular formula is C12H20N2O2S. The van der Waals surface area contributed by atoms with Crippen molar-refractivity contribution < 1.29 is 9.90 Å². The van der Waals surface area contributed by atoms with Crippen LogP contribution in [0.1, 0.15) is 28.6 Å². The van der Waals surface area contributed by atoms with Crippen LogP contribution in [0.25, 0.3) is 0 Å². The molecule has 96 valence electrons. The fraction of sp³-hybridized carbons (Fsp3) is 0.583. The molecule has 5 heteroatoms. The van der Waals surface area contributed by atoms with Gasteiger partial charge in [-0.2, -0.15) is 0 Å². The molecule has 4 nitrogen and oxygen atoms in total. The molecule has 0 aromatic carbocycles. The molecule has 0 saturated carbocycles. The number of carboxylic acids is 1. The van der Waals surface area contributed by atoms with Gasteiger partial charge >= 0.3 is 5.97 Å². The highest BCUT2D eigenvalue weighted by molar-refractivity contribution is 7.12. The van der Waals surface area contributed by atoms with Crippen LogP contribution in [-0.4, -0.2) is 42.7 Å². The first-order valence-electron chi connectivity index (χ1n) is 5.68. The second-order valence-corrected chi connectivity index (χ2v) is 5.37. The van der Waals surface area contributed by atoms with E-state index in [0.29, 0.717) is 17.5 Å². The largest absolute Gasteiger partial charge is 0.477 e. The first-order valence-corrected chi connectivity index (χ1v) is 6.56. The van der Waals surface area contributed by atoms with Gasteiger partial charge in [-0.25, -0.2) is 4.79 Å². The van der Waals surface area contributed by atoms with Crippen LogP contribution in [0.15, 0.2) is 11.4 Å². The highest BCUT2D eigenvalue weighted by atomic mass is 32.1. The fourth-order valence-corrected chi connectivity index (χ4v) is 2.26. The molecule has 0 fully saturated rings. The van der Waals surface area contributed by atoms with E-state index in [2.05, 4.69) is 17.1 Å². The zero-order valence-electron chi connectivity index (χ0n) is 10.6. The Morgan fingerprint density at radius 3 is 2.88 bits per heavy atom. The molecule has 0 aliphatic rings. The van der Waals surface area contributed by atoms with E-state index in [1.54, 1.807) is 0 Å². The standard InChI is InChI=1S/C12H20N2O2S/c1-9(4-6-14(2)3)13-8-10-5-7-17-11(10)12(15)16/h5,7,9,13H,4,6,8H2,1-3H3,(H,15,16). The molecule has 1 heterocycles. The molecule has 1 atom stereocenters. The second-order valence-electron chi connectivity index (χ2n) is 4.45. The number of thiophene rings is 1. The van der Waals surface area contributed by atoms with E-state index in [-0.39, 0.29) is 0 Å². The second kappa shape index (κ2) is 6.74. The zero-order chi connectivity index (χ0) is 12.8. The Labute approximate surface area is 106 Å². The third-order valence-corrected chi connectivity index (χ3v) is 3.54. The van der Waals surface area contributed by atoms with Crippen LogP contribution >= 0.6 is 11.3 Å². The average molecular weight is 256 g/mol. The van der Waals surface area contributed by atoms with Gasteiger partial charge in [0.05, 0.1) is 0 Å². The summed E-state index contributed by atoms with van der Waals surface area (Å²) in [5, 5.41) is 14.1. The van der Waals surface area contributed by atoms with E-state index >= 15 is 0 Å². The average Bonchev–Trinajstić information content (AvgIpc) is 2.71. The predicted octanol–water partition coefficient (Wildman–Crippen LogP) is 1.88. The molecule has 1 unspecified atom stereocenters. The van der Waals surface area contributed by atoms with Gasteiger partial charge in [0.25, 0.3) is 0 Å². The minimum Gasteiger partial charge on any atom is -0.477 e. The molecule has 0 saturated heterocycles. The van der Waals surface area contributed by atoms with Crippen LogP contribution in [0.5, 0.6) is 0 Å². The van der Waals surface area contributed by atoms with E-state index in [9.17, 15) is 4.79 Å². The smallest absolute Gasteiger partial charge is 0.346 e. The number of aromatic carboxylic acids is 1. The van der Waals surface area contributed by atoms with Crippen LogP contribution in [-0.2, 0) is 6.54 Å². The molecule has 0 aliphatic heterocycles. The van der Waals surface area contributed by atoms with E-state index < -0.39 is 5.97 Å². The molecule has 1 aromatic heterocycles. The quantitative estimate of drug-likeness (QED) is 0.782. The normalized spacial score (nSPS) is 12.9. The van der Waals surface area contributed by atoms with E-state index in [0.717, 1.165) is 18.5 Å². The Hall–Kier alpha value is -0.910. The number of hydrogen-bond donors (Lipinski definition) is 2. The molecule has 1 aromatic rings. The highest BCUT2D eigenvalue weighted by Crippen LogP contribution is 2.16. The van der Waals surface area contributed by atoms with Gasteiger partial charge in [-0.3, -0.25) is 0 Å². The predicted molar refractivity (Wildman–Crippen MR) is 70.8 cm³/mol. The minimum atomic E-state index is -0.835. The van der Waals surface area contributed by atoms with Crippen molar-refractivity contribution in [2.24, 2.45) is 0 Å². The summed E-state index contributed by atoms with van der Waals surface area (Å²) in [7, 11) is 4.10. The van der Waals surface area contributed by atoms with E-state index in [1.165, 1.54) is 11.3 Å². The van der Waals surface area contributed by atoms with Crippen molar-refractivity contribution in [3.05, 3.63) is 21.9 Å². The van der Waals surface area contributed by atoms with Gasteiger partial charge in [0, 0.05) is 12.6 Å². The van der Waals surface area contributed by atoms with Crippen molar-refractivity contribution in [3.8, 4) is 0 Å². The van der Waals surface area contributed by atoms with Crippen molar-refractivity contribution in [1.29, 1.82) is 0 Å². The van der Waals surface area contributed by atoms with E-state index in [1.807, 2.05) is 25.5 Å². The van der Waals surface area contributed by atoms with Crippen LogP contribution in [0.2, 0.25) is 0 Å². The third kappa shape index (κ3) is 4.85. The molecular weight excluding hydrogens is 236 g/mol. The van der Waals surface area contributed by atoms with Crippen molar-refractivity contribution in [1.82, 2.24) is 10.2 Å². The molecule has 1 rings (SSSR count). The lowest BCUT2D eigenvalue weighted by Crippen LogP contribution is -2.29. The van der Waals surface area contributed by atoms with Gasteiger partial charge in [-0.1, -0.05) is 0 Å². The number of carbonyl (C=O) groups is 1. The summed E-state index contributed by atoms with van der Waals surface area (Å²) in [6.45, 7) is 3.78. The maximum atomic E-state index is 10.9. The lowest BCUT2D eigenvalue weighted by Gasteiger charge is -2.16. The van der Waals surface area contributed by atoms with Gasteiger partial charge in [-0.15, -0.1) is 11.3 Å². The van der Waals surface area contributed by atoms with Crippen LogP contribution < -0.4 is 5.32 Å². The van der Waals surface area contributed by atoms with Gasteiger partial charge < -0.3 is 15.3 Å². The number of hydrogen-bond acceptors (Lipinski definition) is 4. The molecule has 0 amide bonds. The lowest BCUT2D eigenvalue weighted by molar-refractivity contribution is 0.0701. The summed E-state index contributed by atoms with van der Waals surface area (Å²) in [4.78, 5) is 13.5. The van der Waals surface area contributed by atoms with Crippen molar-refractivity contribution >= 4 is 17.3 Å². The fourth-order valence-electron chi connectivity index (χ4n) is 1.50. The summed E-state index contributed by atoms with van der Waals surface area (Å²) in [5.41, 5.74) is 0.874. The minimum absolute atomic E-state index is 0.388. The van der Waals surface area contributed by atoms with Gasteiger partial charge in [0.15, 0.2) is 0 Å². The van der Waals surface area contributed by atoms with Crippen LogP contribution in [0.3, 0.4) is 0 Å². The number of nitrogens with one attached hydrogen (secondary N) is 1.